The van der Waals surface area contributed by atoms with Crippen LogP contribution in [0.5, 0.6) is 0 Å². The van der Waals surface area contributed by atoms with Crippen LogP contribution in [0, 0.1) is 10.1 Å². The van der Waals surface area contributed by atoms with E-state index < -0.39 is 10.8 Å². The summed E-state index contributed by atoms with van der Waals surface area (Å²) in [5.74, 6) is -0.541. The highest BCUT2D eigenvalue weighted by Crippen LogP contribution is 2.31. The summed E-state index contributed by atoms with van der Waals surface area (Å²) in [5.41, 5.74) is 1.15. The molecule has 2 amide bonds. The van der Waals surface area contributed by atoms with Crippen LogP contribution in [0.2, 0.25) is 0 Å². The molecule has 0 saturated heterocycles. The van der Waals surface area contributed by atoms with Crippen LogP contribution in [0.15, 0.2) is 82.6 Å². The minimum absolute atomic E-state index is 0.00109. The summed E-state index contributed by atoms with van der Waals surface area (Å²) in [4.78, 5) is 36.1. The molecule has 0 fully saturated rings. The standard InChI is InChI=1S/C22H15N3O5S/c26-21(19-11-10-18(30-19)16-7-1-2-8-17(16)25(28)29)23-14-5-3-6-15(13-14)24-22(27)20-9-4-12-31-20/h1-13H,(H,23,26)(H,24,27). The molecular formula is C22H15N3O5S. The number of nitrogens with one attached hydrogen (secondary N) is 2. The van der Waals surface area contributed by atoms with Gasteiger partial charge in [-0.2, -0.15) is 0 Å². The maximum Gasteiger partial charge on any atom is 0.291 e. The SMILES string of the molecule is O=C(Nc1cccc(NC(=O)c2cccs2)c1)c1ccc(-c2ccccc2[N+](=O)[O-])o1. The van der Waals surface area contributed by atoms with Gasteiger partial charge in [0.25, 0.3) is 17.5 Å². The first-order valence-corrected chi connectivity index (χ1v) is 9.99. The molecule has 4 aromatic rings. The van der Waals surface area contributed by atoms with Crippen molar-refractivity contribution in [1.82, 2.24) is 0 Å². The van der Waals surface area contributed by atoms with Crippen molar-refractivity contribution in [1.29, 1.82) is 0 Å². The molecule has 2 heterocycles. The smallest absolute Gasteiger partial charge is 0.291 e. The van der Waals surface area contributed by atoms with Gasteiger partial charge in [0.05, 0.1) is 15.4 Å². The molecule has 2 N–H and O–H groups in total. The lowest BCUT2D eigenvalue weighted by Gasteiger charge is -2.07. The van der Waals surface area contributed by atoms with E-state index in [9.17, 15) is 19.7 Å². The molecule has 31 heavy (non-hydrogen) atoms. The van der Waals surface area contributed by atoms with Crippen LogP contribution in [-0.4, -0.2) is 16.7 Å². The summed E-state index contributed by atoms with van der Waals surface area (Å²) in [5, 5.41) is 18.5. The third kappa shape index (κ3) is 4.51. The van der Waals surface area contributed by atoms with Crippen molar-refractivity contribution < 1.29 is 18.9 Å². The van der Waals surface area contributed by atoms with Gasteiger partial charge in [-0.25, -0.2) is 0 Å². The van der Waals surface area contributed by atoms with Crippen LogP contribution < -0.4 is 10.6 Å². The average Bonchev–Trinajstić information content (AvgIpc) is 3.46. The fourth-order valence-corrected chi connectivity index (χ4v) is 3.53. The van der Waals surface area contributed by atoms with E-state index >= 15 is 0 Å². The molecule has 0 atom stereocenters. The Balaban J connectivity index is 1.48. The largest absolute Gasteiger partial charge is 0.451 e. The highest BCUT2D eigenvalue weighted by Gasteiger charge is 2.19. The van der Waals surface area contributed by atoms with Gasteiger partial charge in [-0.1, -0.05) is 24.3 Å². The quantitative estimate of drug-likeness (QED) is 0.311. The number of carbonyl (C=O) groups excluding carboxylic acids is 2. The molecule has 0 aliphatic heterocycles. The Kier molecular flexibility index (Phi) is 5.59. The van der Waals surface area contributed by atoms with Crippen LogP contribution in [0.25, 0.3) is 11.3 Å². The summed E-state index contributed by atoms with van der Waals surface area (Å²) in [6.45, 7) is 0. The minimum Gasteiger partial charge on any atom is -0.451 e. The number of anilines is 2. The number of nitro groups is 1. The van der Waals surface area contributed by atoms with E-state index in [1.807, 2.05) is 5.38 Å². The number of rotatable bonds is 6. The topological polar surface area (TPSA) is 114 Å². The van der Waals surface area contributed by atoms with Gasteiger partial charge in [0.2, 0.25) is 0 Å². The van der Waals surface area contributed by atoms with E-state index in [0.717, 1.165) is 0 Å². The highest BCUT2D eigenvalue weighted by molar-refractivity contribution is 7.12. The van der Waals surface area contributed by atoms with Gasteiger partial charge < -0.3 is 15.1 Å². The molecule has 0 unspecified atom stereocenters. The number of hydrogen-bond acceptors (Lipinski definition) is 6. The zero-order chi connectivity index (χ0) is 21.8. The number of thiophene rings is 1. The van der Waals surface area contributed by atoms with E-state index in [1.54, 1.807) is 54.6 Å². The van der Waals surface area contributed by atoms with Gasteiger partial charge in [-0.3, -0.25) is 19.7 Å². The van der Waals surface area contributed by atoms with Crippen LogP contribution in [-0.2, 0) is 0 Å². The Hall–Kier alpha value is -4.24. The van der Waals surface area contributed by atoms with Crippen molar-refractivity contribution in [2.45, 2.75) is 0 Å². The second kappa shape index (κ2) is 8.64. The Morgan fingerprint density at radius 2 is 1.61 bits per heavy atom. The monoisotopic (exact) mass is 433 g/mol. The highest BCUT2D eigenvalue weighted by atomic mass is 32.1. The Labute approximate surface area is 180 Å². The minimum atomic E-state index is -0.522. The second-order valence-corrected chi connectivity index (χ2v) is 7.35. The lowest BCUT2D eigenvalue weighted by atomic mass is 10.1. The van der Waals surface area contributed by atoms with E-state index in [4.69, 9.17) is 4.42 Å². The van der Waals surface area contributed by atoms with Crippen LogP contribution in [0.3, 0.4) is 0 Å². The molecule has 8 nitrogen and oxygen atoms in total. The van der Waals surface area contributed by atoms with Crippen LogP contribution >= 0.6 is 11.3 Å². The molecule has 0 radical (unpaired) electrons. The molecule has 2 aromatic heterocycles. The van der Waals surface area contributed by atoms with Crippen molar-refractivity contribution in [3.8, 4) is 11.3 Å². The van der Waals surface area contributed by atoms with Gasteiger partial charge in [0.1, 0.15) is 5.76 Å². The number of nitro benzene ring substituents is 1. The predicted octanol–water partition coefficient (Wildman–Crippen LogP) is 5.42. The maximum atomic E-state index is 12.6. The number of benzene rings is 2. The van der Waals surface area contributed by atoms with Crippen molar-refractivity contribution in [2.75, 3.05) is 10.6 Å². The number of carbonyl (C=O) groups is 2. The molecular weight excluding hydrogens is 418 g/mol. The number of furan rings is 1. The molecule has 2 aromatic carbocycles. The Morgan fingerprint density at radius 3 is 2.32 bits per heavy atom. The molecule has 4 rings (SSSR count). The van der Waals surface area contributed by atoms with Gasteiger partial charge in [0.15, 0.2) is 5.76 Å². The lowest BCUT2D eigenvalue weighted by molar-refractivity contribution is -0.384. The van der Waals surface area contributed by atoms with Gasteiger partial charge in [0, 0.05) is 17.4 Å². The predicted molar refractivity (Wildman–Crippen MR) is 117 cm³/mol. The lowest BCUT2D eigenvalue weighted by Crippen LogP contribution is -2.12. The van der Waals surface area contributed by atoms with E-state index in [-0.39, 0.29) is 28.7 Å². The molecule has 0 saturated carbocycles. The molecule has 0 spiro atoms. The molecule has 0 bridgehead atoms. The summed E-state index contributed by atoms with van der Waals surface area (Å²) in [7, 11) is 0. The normalized spacial score (nSPS) is 10.5. The van der Waals surface area contributed by atoms with Crippen molar-refractivity contribution in [2.24, 2.45) is 0 Å². The van der Waals surface area contributed by atoms with E-state index in [0.29, 0.717) is 16.3 Å². The summed E-state index contributed by atoms with van der Waals surface area (Å²) < 4.78 is 5.55. The number of amides is 2. The first-order chi connectivity index (χ1) is 15.0. The molecule has 154 valence electrons. The average molecular weight is 433 g/mol. The van der Waals surface area contributed by atoms with Crippen molar-refractivity contribution in [3.05, 3.63) is 98.9 Å². The van der Waals surface area contributed by atoms with Gasteiger partial charge in [-0.15, -0.1) is 11.3 Å². The zero-order valence-electron chi connectivity index (χ0n) is 15.9. The molecule has 9 heteroatoms. The Morgan fingerprint density at radius 1 is 0.871 bits per heavy atom. The second-order valence-electron chi connectivity index (χ2n) is 6.40. The molecule has 0 aliphatic rings. The fourth-order valence-electron chi connectivity index (χ4n) is 2.91. The van der Waals surface area contributed by atoms with E-state index in [1.165, 1.54) is 29.5 Å². The first kappa shape index (κ1) is 20.0. The summed E-state index contributed by atoms with van der Waals surface area (Å²) in [6, 6.07) is 19.3. The van der Waals surface area contributed by atoms with Crippen LogP contribution in [0.1, 0.15) is 20.2 Å². The Bertz CT molecular complexity index is 1260. The fraction of sp³-hybridized carbons (Fsp3) is 0. The van der Waals surface area contributed by atoms with E-state index in [2.05, 4.69) is 10.6 Å². The third-order valence-corrected chi connectivity index (χ3v) is 5.19. The third-order valence-electron chi connectivity index (χ3n) is 4.32. The van der Waals surface area contributed by atoms with Crippen LogP contribution in [0.4, 0.5) is 17.1 Å². The van der Waals surface area contributed by atoms with Gasteiger partial charge >= 0.3 is 0 Å². The van der Waals surface area contributed by atoms with Crippen molar-refractivity contribution in [3.63, 3.8) is 0 Å². The van der Waals surface area contributed by atoms with Gasteiger partial charge in [-0.05, 0) is 47.8 Å². The number of hydrogen-bond donors (Lipinski definition) is 2. The zero-order valence-corrected chi connectivity index (χ0v) is 16.7. The van der Waals surface area contributed by atoms with Crippen molar-refractivity contribution >= 4 is 40.2 Å². The number of para-hydroxylation sites is 1. The first-order valence-electron chi connectivity index (χ1n) is 9.11. The number of nitrogens with zero attached hydrogens (tertiary/aromatic N) is 1. The maximum absolute atomic E-state index is 12.6. The summed E-state index contributed by atoms with van der Waals surface area (Å²) in [6.07, 6.45) is 0. The summed E-state index contributed by atoms with van der Waals surface area (Å²) >= 11 is 1.33. The molecule has 0 aliphatic carbocycles.